The number of aliphatic hydroxyl groups is 1. The Morgan fingerprint density at radius 3 is 2.03 bits per heavy atom. The van der Waals surface area contributed by atoms with Crippen molar-refractivity contribution in [2.75, 3.05) is 11.9 Å². The number of carbonyl (C=O) groups excluding carboxylic acids is 2. The fourth-order valence-electron chi connectivity index (χ4n) is 4.26. The van der Waals surface area contributed by atoms with Gasteiger partial charge in [-0.15, -0.1) is 0 Å². The third-order valence-electron chi connectivity index (χ3n) is 5.97. The van der Waals surface area contributed by atoms with Crippen LogP contribution in [0.25, 0.3) is 11.1 Å². The molecule has 2 atom stereocenters. The number of hydrogen-bond donors (Lipinski definition) is 4. The van der Waals surface area contributed by atoms with E-state index in [0.717, 1.165) is 22.3 Å². The first-order valence-corrected chi connectivity index (χ1v) is 11.2. The third-order valence-corrected chi connectivity index (χ3v) is 5.97. The molecular formula is C27H26N2O6. The maximum absolute atomic E-state index is 12.4. The van der Waals surface area contributed by atoms with Gasteiger partial charge in [0, 0.05) is 11.6 Å². The number of rotatable bonds is 8. The molecule has 3 aromatic rings. The fourth-order valence-corrected chi connectivity index (χ4v) is 4.26. The lowest BCUT2D eigenvalue weighted by Crippen LogP contribution is -2.48. The maximum Gasteiger partial charge on any atom is 0.411 e. The van der Waals surface area contributed by atoms with Gasteiger partial charge in [-0.3, -0.25) is 10.1 Å². The first-order valence-electron chi connectivity index (χ1n) is 11.2. The van der Waals surface area contributed by atoms with Crippen LogP contribution in [0.3, 0.4) is 0 Å². The van der Waals surface area contributed by atoms with Crippen molar-refractivity contribution in [1.82, 2.24) is 5.32 Å². The second-order valence-electron chi connectivity index (χ2n) is 8.45. The van der Waals surface area contributed by atoms with E-state index in [2.05, 4.69) is 34.9 Å². The van der Waals surface area contributed by atoms with E-state index >= 15 is 0 Å². The van der Waals surface area contributed by atoms with Crippen LogP contribution >= 0.6 is 0 Å². The number of nitrogens with one attached hydrogen (secondary N) is 2. The topological polar surface area (TPSA) is 125 Å². The lowest BCUT2D eigenvalue weighted by molar-refractivity contribution is -0.144. The highest BCUT2D eigenvalue weighted by molar-refractivity contribution is 5.86. The van der Waals surface area contributed by atoms with Gasteiger partial charge in [0.2, 0.25) is 5.91 Å². The largest absolute Gasteiger partial charge is 0.480 e. The smallest absolute Gasteiger partial charge is 0.411 e. The second-order valence-corrected chi connectivity index (χ2v) is 8.45. The standard InChI is InChI=1S/C27H26N2O6/c1-16(30)25(26(32)33)29-24(31)14-17-10-12-18(13-11-17)28-27(34)35-15-23-21-8-4-2-6-19(21)20-7-3-5-9-22(20)23/h2-13,16,23,25,30H,14-15H2,1H3,(H,28,34)(H,29,31)(H,32,33). The molecule has 180 valence electrons. The molecule has 0 saturated heterocycles. The molecule has 35 heavy (non-hydrogen) atoms. The van der Waals surface area contributed by atoms with Crippen molar-refractivity contribution in [2.45, 2.75) is 31.4 Å². The summed E-state index contributed by atoms with van der Waals surface area (Å²) in [4.78, 5) is 35.6. The van der Waals surface area contributed by atoms with Crippen molar-refractivity contribution in [3.8, 4) is 11.1 Å². The molecule has 1 aliphatic rings. The average Bonchev–Trinajstić information content (AvgIpc) is 3.16. The first kappa shape index (κ1) is 24.0. The van der Waals surface area contributed by atoms with E-state index < -0.39 is 30.1 Å². The number of hydrogen-bond acceptors (Lipinski definition) is 5. The number of ether oxygens (including phenoxy) is 1. The summed E-state index contributed by atoms with van der Waals surface area (Å²) in [6.45, 7) is 1.50. The number of aliphatic hydroxyl groups excluding tert-OH is 1. The number of aliphatic carboxylic acids is 1. The SMILES string of the molecule is CC(O)C(NC(=O)Cc1ccc(NC(=O)OCC2c3ccccc3-c3ccccc32)cc1)C(=O)O. The number of amides is 2. The number of anilines is 1. The third kappa shape index (κ3) is 5.50. The molecule has 0 aromatic heterocycles. The zero-order chi connectivity index (χ0) is 24.9. The predicted octanol–water partition coefficient (Wildman–Crippen LogP) is 3.54. The molecule has 0 radical (unpaired) electrons. The Morgan fingerprint density at radius 1 is 0.914 bits per heavy atom. The highest BCUT2D eigenvalue weighted by atomic mass is 16.5. The highest BCUT2D eigenvalue weighted by Gasteiger charge is 2.29. The summed E-state index contributed by atoms with van der Waals surface area (Å²) in [5.74, 6) is -1.88. The molecule has 8 heteroatoms. The van der Waals surface area contributed by atoms with Crippen LogP contribution in [0.15, 0.2) is 72.8 Å². The molecule has 0 bridgehead atoms. The number of fused-ring (bicyclic) bond motifs is 3. The van der Waals surface area contributed by atoms with Crippen LogP contribution in [-0.4, -0.2) is 46.9 Å². The van der Waals surface area contributed by atoms with Crippen molar-refractivity contribution in [3.63, 3.8) is 0 Å². The Bertz CT molecular complexity index is 1190. The van der Waals surface area contributed by atoms with Gasteiger partial charge in [0.25, 0.3) is 0 Å². The minimum absolute atomic E-state index is 0.0368. The molecule has 2 unspecified atom stereocenters. The fraction of sp³-hybridized carbons (Fsp3) is 0.222. The number of benzene rings is 3. The maximum atomic E-state index is 12.4. The van der Waals surface area contributed by atoms with E-state index in [1.54, 1.807) is 24.3 Å². The Hall–Kier alpha value is -4.17. The average molecular weight is 475 g/mol. The molecule has 8 nitrogen and oxygen atoms in total. The van der Waals surface area contributed by atoms with Crippen LogP contribution in [0.5, 0.6) is 0 Å². The Labute approximate surface area is 202 Å². The van der Waals surface area contributed by atoms with Crippen LogP contribution in [0, 0.1) is 0 Å². The molecule has 0 saturated carbocycles. The Kier molecular flexibility index (Phi) is 7.12. The van der Waals surface area contributed by atoms with Gasteiger partial charge in [-0.25, -0.2) is 9.59 Å². The van der Waals surface area contributed by atoms with Crippen LogP contribution in [0.2, 0.25) is 0 Å². The first-order chi connectivity index (χ1) is 16.8. The van der Waals surface area contributed by atoms with Gasteiger partial charge in [0.05, 0.1) is 12.5 Å². The van der Waals surface area contributed by atoms with Gasteiger partial charge in [-0.2, -0.15) is 0 Å². The van der Waals surface area contributed by atoms with E-state index in [1.807, 2.05) is 24.3 Å². The molecule has 0 aliphatic heterocycles. The molecule has 0 spiro atoms. The minimum Gasteiger partial charge on any atom is -0.480 e. The number of carbonyl (C=O) groups is 3. The van der Waals surface area contributed by atoms with Crippen molar-refractivity contribution in [2.24, 2.45) is 0 Å². The highest BCUT2D eigenvalue weighted by Crippen LogP contribution is 2.44. The molecule has 0 fully saturated rings. The molecule has 3 aromatic carbocycles. The van der Waals surface area contributed by atoms with Crippen molar-refractivity contribution in [3.05, 3.63) is 89.5 Å². The zero-order valence-electron chi connectivity index (χ0n) is 19.1. The van der Waals surface area contributed by atoms with Gasteiger partial charge >= 0.3 is 12.1 Å². The van der Waals surface area contributed by atoms with Gasteiger partial charge in [0.1, 0.15) is 6.61 Å². The predicted molar refractivity (Wildman–Crippen MR) is 130 cm³/mol. The van der Waals surface area contributed by atoms with E-state index in [9.17, 15) is 19.5 Å². The van der Waals surface area contributed by atoms with Gasteiger partial charge in [-0.05, 0) is 46.9 Å². The van der Waals surface area contributed by atoms with E-state index in [0.29, 0.717) is 11.3 Å². The van der Waals surface area contributed by atoms with E-state index in [4.69, 9.17) is 9.84 Å². The van der Waals surface area contributed by atoms with Crippen molar-refractivity contribution in [1.29, 1.82) is 0 Å². The lowest BCUT2D eigenvalue weighted by atomic mass is 9.98. The van der Waals surface area contributed by atoms with Crippen LogP contribution in [-0.2, 0) is 20.7 Å². The Morgan fingerprint density at radius 2 is 1.49 bits per heavy atom. The summed E-state index contributed by atoms with van der Waals surface area (Å²) in [7, 11) is 0. The molecule has 0 heterocycles. The molecule has 4 N–H and O–H groups in total. The van der Waals surface area contributed by atoms with Crippen molar-refractivity contribution < 1.29 is 29.3 Å². The summed E-state index contributed by atoms with van der Waals surface area (Å²) >= 11 is 0. The molecular weight excluding hydrogens is 448 g/mol. The minimum atomic E-state index is -1.38. The van der Waals surface area contributed by atoms with Crippen molar-refractivity contribution >= 4 is 23.7 Å². The van der Waals surface area contributed by atoms with Gasteiger partial charge < -0.3 is 20.3 Å². The summed E-state index contributed by atoms with van der Waals surface area (Å²) in [6, 6.07) is 21.4. The lowest BCUT2D eigenvalue weighted by Gasteiger charge is -2.17. The van der Waals surface area contributed by atoms with Gasteiger partial charge in [-0.1, -0.05) is 60.7 Å². The second kappa shape index (κ2) is 10.4. The monoisotopic (exact) mass is 474 g/mol. The molecule has 1 aliphatic carbocycles. The van der Waals surface area contributed by atoms with Crippen LogP contribution < -0.4 is 10.6 Å². The van der Waals surface area contributed by atoms with Gasteiger partial charge in [0.15, 0.2) is 6.04 Å². The summed E-state index contributed by atoms with van der Waals surface area (Å²) < 4.78 is 5.53. The molecule has 2 amide bonds. The molecule has 4 rings (SSSR count). The summed E-state index contributed by atoms with van der Waals surface area (Å²) in [5.41, 5.74) is 5.68. The summed E-state index contributed by atoms with van der Waals surface area (Å²) in [5, 5.41) is 23.5. The normalized spacial score (nSPS) is 13.8. The summed E-state index contributed by atoms with van der Waals surface area (Å²) in [6.07, 6.45) is -1.87. The quantitative estimate of drug-likeness (QED) is 0.396. The van der Waals surface area contributed by atoms with E-state index in [-0.39, 0.29) is 18.9 Å². The number of carboxylic acids is 1. The Balaban J connectivity index is 1.32. The number of carboxylic acid groups (broad SMARTS) is 1. The van der Waals surface area contributed by atoms with E-state index in [1.165, 1.54) is 6.92 Å². The zero-order valence-corrected chi connectivity index (χ0v) is 19.1. The van der Waals surface area contributed by atoms with Crippen LogP contribution in [0.1, 0.15) is 29.5 Å². The van der Waals surface area contributed by atoms with Crippen LogP contribution in [0.4, 0.5) is 10.5 Å².